The molecule has 7 heteroatoms. The highest BCUT2D eigenvalue weighted by atomic mass is 32.1. The van der Waals surface area contributed by atoms with Gasteiger partial charge in [0.05, 0.1) is 7.11 Å². The number of hydrogen-bond donors (Lipinski definition) is 0. The molecule has 1 aromatic heterocycles. The minimum absolute atomic E-state index is 0.0156. The molecule has 0 bridgehead atoms. The second-order valence-electron chi connectivity index (χ2n) is 6.90. The van der Waals surface area contributed by atoms with Crippen molar-refractivity contribution in [1.29, 1.82) is 0 Å². The highest BCUT2D eigenvalue weighted by molar-refractivity contribution is 7.07. The molecule has 27 heavy (non-hydrogen) atoms. The van der Waals surface area contributed by atoms with Gasteiger partial charge in [0.25, 0.3) is 0 Å². The zero-order valence-electron chi connectivity index (χ0n) is 16.0. The summed E-state index contributed by atoms with van der Waals surface area (Å²) in [5.74, 6) is 1.00. The first-order chi connectivity index (χ1) is 13.1. The average Bonchev–Trinajstić information content (AvgIpc) is 2.86. The third kappa shape index (κ3) is 5.20. The molecule has 1 aromatic carbocycles. The molecular weight excluding hydrogens is 362 g/mol. The Morgan fingerprint density at radius 1 is 1.15 bits per heavy atom. The molecule has 0 N–H and O–H groups in total. The van der Waals surface area contributed by atoms with Crippen LogP contribution in [0.5, 0.6) is 5.75 Å². The SMILES string of the molecule is COc1ccc(CN2CCCN(C(=O)CCn3c(C)csc3=O)CC2)cc1. The molecule has 1 fully saturated rings. The zero-order chi connectivity index (χ0) is 19.2. The number of benzene rings is 1. The molecule has 2 heterocycles. The highest BCUT2D eigenvalue weighted by Gasteiger charge is 2.19. The molecule has 1 amide bonds. The van der Waals surface area contributed by atoms with Gasteiger partial charge >= 0.3 is 4.87 Å². The molecule has 1 aliphatic rings. The largest absolute Gasteiger partial charge is 0.497 e. The normalized spacial score (nSPS) is 15.6. The van der Waals surface area contributed by atoms with Gasteiger partial charge in [-0.05, 0) is 31.0 Å². The maximum atomic E-state index is 12.6. The first kappa shape index (κ1) is 19.6. The molecule has 0 atom stereocenters. The van der Waals surface area contributed by atoms with E-state index in [4.69, 9.17) is 4.74 Å². The van der Waals surface area contributed by atoms with E-state index in [0.29, 0.717) is 13.0 Å². The molecular formula is C20H27N3O3S. The van der Waals surface area contributed by atoms with E-state index in [1.807, 2.05) is 29.3 Å². The molecule has 0 aliphatic carbocycles. The van der Waals surface area contributed by atoms with Gasteiger partial charge in [0, 0.05) is 56.8 Å². The van der Waals surface area contributed by atoms with Crippen LogP contribution in [-0.4, -0.2) is 53.6 Å². The number of nitrogens with zero attached hydrogens (tertiary/aromatic N) is 3. The zero-order valence-corrected chi connectivity index (χ0v) is 16.8. The molecule has 1 saturated heterocycles. The van der Waals surface area contributed by atoms with E-state index in [2.05, 4.69) is 17.0 Å². The third-order valence-electron chi connectivity index (χ3n) is 5.03. The number of aromatic nitrogens is 1. The summed E-state index contributed by atoms with van der Waals surface area (Å²) < 4.78 is 6.90. The predicted octanol–water partition coefficient (Wildman–Crippen LogP) is 2.35. The van der Waals surface area contributed by atoms with Crippen LogP contribution < -0.4 is 9.61 Å². The lowest BCUT2D eigenvalue weighted by atomic mass is 10.2. The van der Waals surface area contributed by atoms with E-state index in [1.165, 1.54) is 16.9 Å². The van der Waals surface area contributed by atoms with Crippen LogP contribution in [0.3, 0.4) is 0 Å². The van der Waals surface area contributed by atoms with Crippen LogP contribution in [0, 0.1) is 6.92 Å². The van der Waals surface area contributed by atoms with Crippen LogP contribution in [-0.2, 0) is 17.9 Å². The number of carbonyl (C=O) groups is 1. The fourth-order valence-corrected chi connectivity index (χ4v) is 4.17. The molecule has 0 saturated carbocycles. The van der Waals surface area contributed by atoms with Gasteiger partial charge in [-0.25, -0.2) is 0 Å². The summed E-state index contributed by atoms with van der Waals surface area (Å²) >= 11 is 1.19. The van der Waals surface area contributed by atoms with Crippen molar-refractivity contribution in [2.45, 2.75) is 32.9 Å². The van der Waals surface area contributed by atoms with Gasteiger partial charge < -0.3 is 14.2 Å². The van der Waals surface area contributed by atoms with Crippen molar-refractivity contribution in [3.8, 4) is 5.75 Å². The van der Waals surface area contributed by atoms with Crippen molar-refractivity contribution in [2.75, 3.05) is 33.3 Å². The minimum Gasteiger partial charge on any atom is -0.497 e. The van der Waals surface area contributed by atoms with Crippen LogP contribution in [0.25, 0.3) is 0 Å². The Balaban J connectivity index is 1.49. The number of rotatable bonds is 6. The fourth-order valence-electron chi connectivity index (χ4n) is 3.41. The van der Waals surface area contributed by atoms with Gasteiger partial charge in [0.2, 0.25) is 5.91 Å². The van der Waals surface area contributed by atoms with Crippen molar-refractivity contribution < 1.29 is 9.53 Å². The Morgan fingerprint density at radius 3 is 2.59 bits per heavy atom. The van der Waals surface area contributed by atoms with Crippen LogP contribution in [0.4, 0.5) is 0 Å². The summed E-state index contributed by atoms with van der Waals surface area (Å²) in [6.07, 6.45) is 1.36. The smallest absolute Gasteiger partial charge is 0.307 e. The standard InChI is InChI=1S/C20H27N3O3S/c1-16-15-27-20(25)23(16)11-8-19(24)22-10-3-9-21(12-13-22)14-17-4-6-18(26-2)7-5-17/h4-7,15H,3,8-14H2,1-2H3. The van der Waals surface area contributed by atoms with Crippen molar-refractivity contribution in [3.05, 3.63) is 50.6 Å². The van der Waals surface area contributed by atoms with Crippen LogP contribution in [0.1, 0.15) is 24.1 Å². The minimum atomic E-state index is 0.0156. The summed E-state index contributed by atoms with van der Waals surface area (Å²) in [6.45, 7) is 6.65. The topological polar surface area (TPSA) is 54.8 Å². The van der Waals surface area contributed by atoms with E-state index in [9.17, 15) is 9.59 Å². The molecule has 0 unspecified atom stereocenters. The second-order valence-corrected chi connectivity index (χ2v) is 7.72. The lowest BCUT2D eigenvalue weighted by Crippen LogP contribution is -2.35. The first-order valence-corrected chi connectivity index (χ1v) is 10.2. The summed E-state index contributed by atoms with van der Waals surface area (Å²) in [4.78, 5) is 28.7. The first-order valence-electron chi connectivity index (χ1n) is 9.35. The molecule has 6 nitrogen and oxygen atoms in total. The number of carbonyl (C=O) groups excluding carboxylic acids is 1. The number of hydrogen-bond acceptors (Lipinski definition) is 5. The number of amides is 1. The fraction of sp³-hybridized carbons (Fsp3) is 0.500. The van der Waals surface area contributed by atoms with E-state index in [-0.39, 0.29) is 10.8 Å². The predicted molar refractivity (Wildman–Crippen MR) is 107 cm³/mol. The van der Waals surface area contributed by atoms with Gasteiger partial charge in [-0.2, -0.15) is 0 Å². The average molecular weight is 390 g/mol. The molecule has 0 spiro atoms. The summed E-state index contributed by atoms with van der Waals surface area (Å²) in [7, 11) is 1.67. The maximum Gasteiger partial charge on any atom is 0.307 e. The Kier molecular flexibility index (Phi) is 6.68. The Hall–Kier alpha value is -2.12. The van der Waals surface area contributed by atoms with Gasteiger partial charge in [0.15, 0.2) is 0 Å². The molecule has 3 rings (SSSR count). The molecule has 1 aliphatic heterocycles. The van der Waals surface area contributed by atoms with Gasteiger partial charge in [0.1, 0.15) is 5.75 Å². The van der Waals surface area contributed by atoms with Crippen molar-refractivity contribution in [1.82, 2.24) is 14.4 Å². The van der Waals surface area contributed by atoms with Crippen LogP contribution in [0.15, 0.2) is 34.4 Å². The quantitative estimate of drug-likeness (QED) is 0.761. The highest BCUT2D eigenvalue weighted by Crippen LogP contribution is 2.14. The second kappa shape index (κ2) is 9.19. The Morgan fingerprint density at radius 2 is 1.93 bits per heavy atom. The van der Waals surface area contributed by atoms with Gasteiger partial charge in [-0.3, -0.25) is 14.5 Å². The van der Waals surface area contributed by atoms with Crippen LogP contribution >= 0.6 is 11.3 Å². The third-order valence-corrected chi connectivity index (χ3v) is 5.91. The number of methoxy groups -OCH3 is 1. The number of aryl methyl sites for hydroxylation is 1. The molecule has 2 aromatic rings. The van der Waals surface area contributed by atoms with Crippen molar-refractivity contribution in [2.24, 2.45) is 0 Å². The van der Waals surface area contributed by atoms with Crippen molar-refractivity contribution in [3.63, 3.8) is 0 Å². The van der Waals surface area contributed by atoms with E-state index in [0.717, 1.165) is 50.6 Å². The summed E-state index contributed by atoms with van der Waals surface area (Å²) in [5.41, 5.74) is 2.18. The molecule has 0 radical (unpaired) electrons. The van der Waals surface area contributed by atoms with E-state index >= 15 is 0 Å². The monoisotopic (exact) mass is 389 g/mol. The Labute approximate surface area is 164 Å². The van der Waals surface area contributed by atoms with Gasteiger partial charge in [-0.15, -0.1) is 0 Å². The maximum absolute atomic E-state index is 12.6. The molecule has 146 valence electrons. The van der Waals surface area contributed by atoms with Gasteiger partial charge in [-0.1, -0.05) is 23.5 Å². The summed E-state index contributed by atoms with van der Waals surface area (Å²) in [6, 6.07) is 8.15. The number of thiazole rings is 1. The van der Waals surface area contributed by atoms with E-state index in [1.54, 1.807) is 11.7 Å². The number of ether oxygens (including phenoxy) is 1. The summed E-state index contributed by atoms with van der Waals surface area (Å²) in [5, 5.41) is 1.84. The van der Waals surface area contributed by atoms with E-state index < -0.39 is 0 Å². The lowest BCUT2D eigenvalue weighted by molar-refractivity contribution is -0.131. The van der Waals surface area contributed by atoms with Crippen LogP contribution in [0.2, 0.25) is 0 Å². The Bertz CT molecular complexity index is 813. The lowest BCUT2D eigenvalue weighted by Gasteiger charge is -2.22. The van der Waals surface area contributed by atoms with Crippen molar-refractivity contribution >= 4 is 17.2 Å².